The number of carbonyl (C=O) groups is 1. The van der Waals surface area contributed by atoms with Gasteiger partial charge in [0, 0.05) is 38.3 Å². The zero-order chi connectivity index (χ0) is 21.0. The Kier molecular flexibility index (Phi) is 12.2. The SMILES string of the molecule is CCNC(=NCCNC(=O)c1ccccc1)N1CCC(OCC2CCCCO2)CC1.I. The van der Waals surface area contributed by atoms with Crippen molar-refractivity contribution in [3.05, 3.63) is 35.9 Å². The van der Waals surface area contributed by atoms with Gasteiger partial charge < -0.3 is 25.0 Å². The number of hydrogen-bond donors (Lipinski definition) is 2. The first kappa shape index (κ1) is 25.9. The topological polar surface area (TPSA) is 75.2 Å². The molecule has 31 heavy (non-hydrogen) atoms. The van der Waals surface area contributed by atoms with E-state index in [0.29, 0.717) is 24.8 Å². The van der Waals surface area contributed by atoms with Gasteiger partial charge in [-0.05, 0) is 51.2 Å². The number of halogens is 1. The van der Waals surface area contributed by atoms with E-state index in [1.54, 1.807) is 0 Å². The highest BCUT2D eigenvalue weighted by Gasteiger charge is 2.23. The first-order valence-corrected chi connectivity index (χ1v) is 11.4. The molecule has 0 radical (unpaired) electrons. The number of guanidine groups is 1. The van der Waals surface area contributed by atoms with Gasteiger partial charge in [0.05, 0.1) is 25.4 Å². The summed E-state index contributed by atoms with van der Waals surface area (Å²) in [5, 5.41) is 6.30. The fourth-order valence-electron chi connectivity index (χ4n) is 3.87. The van der Waals surface area contributed by atoms with E-state index in [0.717, 1.165) is 58.1 Å². The number of ether oxygens (including phenoxy) is 2. The molecule has 2 fully saturated rings. The van der Waals surface area contributed by atoms with Crippen LogP contribution in [0.2, 0.25) is 0 Å². The largest absolute Gasteiger partial charge is 0.376 e. The fraction of sp³-hybridized carbons (Fsp3) is 0.652. The Morgan fingerprint density at radius 3 is 2.61 bits per heavy atom. The van der Waals surface area contributed by atoms with Crippen molar-refractivity contribution in [3.63, 3.8) is 0 Å². The third-order valence-corrected chi connectivity index (χ3v) is 5.56. The number of aliphatic imine (C=N–C) groups is 1. The van der Waals surface area contributed by atoms with Crippen molar-refractivity contribution in [1.82, 2.24) is 15.5 Å². The van der Waals surface area contributed by atoms with Crippen LogP contribution >= 0.6 is 24.0 Å². The minimum atomic E-state index is -0.0595. The summed E-state index contributed by atoms with van der Waals surface area (Å²) in [6.45, 7) is 7.43. The number of benzene rings is 1. The molecule has 1 unspecified atom stereocenters. The van der Waals surface area contributed by atoms with E-state index in [1.807, 2.05) is 30.3 Å². The van der Waals surface area contributed by atoms with E-state index in [2.05, 4.69) is 22.5 Å². The molecular weight excluding hydrogens is 507 g/mol. The van der Waals surface area contributed by atoms with Crippen LogP contribution in [0.15, 0.2) is 35.3 Å². The van der Waals surface area contributed by atoms with E-state index >= 15 is 0 Å². The van der Waals surface area contributed by atoms with Gasteiger partial charge in [-0.1, -0.05) is 18.2 Å². The minimum Gasteiger partial charge on any atom is -0.376 e. The monoisotopic (exact) mass is 544 g/mol. The fourth-order valence-corrected chi connectivity index (χ4v) is 3.87. The summed E-state index contributed by atoms with van der Waals surface area (Å²) in [7, 11) is 0. The van der Waals surface area contributed by atoms with Crippen LogP contribution in [0.1, 0.15) is 49.4 Å². The average molecular weight is 544 g/mol. The zero-order valence-corrected chi connectivity index (χ0v) is 20.9. The van der Waals surface area contributed by atoms with Crippen LogP contribution in [0, 0.1) is 0 Å². The number of likely N-dealkylation sites (tertiary alicyclic amines) is 1. The Hall–Kier alpha value is -1.39. The average Bonchev–Trinajstić information content (AvgIpc) is 2.81. The summed E-state index contributed by atoms with van der Waals surface area (Å²) in [6, 6.07) is 9.27. The molecule has 1 atom stereocenters. The third-order valence-electron chi connectivity index (χ3n) is 5.56. The second-order valence-corrected chi connectivity index (χ2v) is 7.87. The summed E-state index contributed by atoms with van der Waals surface area (Å²) in [4.78, 5) is 19.1. The summed E-state index contributed by atoms with van der Waals surface area (Å²) < 4.78 is 11.9. The van der Waals surface area contributed by atoms with Gasteiger partial charge in [0.15, 0.2) is 5.96 Å². The van der Waals surface area contributed by atoms with Gasteiger partial charge in [0.25, 0.3) is 5.91 Å². The molecule has 3 rings (SSSR count). The first-order chi connectivity index (χ1) is 14.8. The highest BCUT2D eigenvalue weighted by molar-refractivity contribution is 14.0. The van der Waals surface area contributed by atoms with Crippen molar-refractivity contribution >= 4 is 35.8 Å². The second kappa shape index (κ2) is 14.6. The molecular formula is C23H37IN4O3. The van der Waals surface area contributed by atoms with Crippen LogP contribution in [0.5, 0.6) is 0 Å². The molecule has 0 bridgehead atoms. The van der Waals surface area contributed by atoms with E-state index in [4.69, 9.17) is 14.5 Å². The van der Waals surface area contributed by atoms with Crippen molar-refractivity contribution in [2.24, 2.45) is 4.99 Å². The molecule has 174 valence electrons. The van der Waals surface area contributed by atoms with Crippen molar-refractivity contribution in [1.29, 1.82) is 0 Å². The molecule has 0 spiro atoms. The molecule has 1 aromatic carbocycles. The third kappa shape index (κ3) is 8.94. The Morgan fingerprint density at radius 1 is 1.16 bits per heavy atom. The van der Waals surface area contributed by atoms with Gasteiger partial charge in [0.2, 0.25) is 0 Å². The summed E-state index contributed by atoms with van der Waals surface area (Å²) in [5.41, 5.74) is 0.675. The lowest BCUT2D eigenvalue weighted by molar-refractivity contribution is -0.0721. The van der Waals surface area contributed by atoms with E-state index in [-0.39, 0.29) is 36.0 Å². The molecule has 2 aliphatic rings. The van der Waals surface area contributed by atoms with Crippen molar-refractivity contribution in [2.75, 3.05) is 45.9 Å². The van der Waals surface area contributed by atoms with Gasteiger partial charge in [-0.2, -0.15) is 0 Å². The molecule has 7 nitrogen and oxygen atoms in total. The Balaban J connectivity index is 0.00000341. The van der Waals surface area contributed by atoms with Crippen LogP contribution in [-0.4, -0.2) is 74.9 Å². The Labute approximate surface area is 203 Å². The molecule has 2 aliphatic heterocycles. The standard InChI is InChI=1S/C23H36N4O3.HI/c1-2-24-23(26-14-13-25-22(28)19-8-4-3-5-9-19)27-15-11-20(12-16-27)30-18-21-10-6-7-17-29-21;/h3-5,8-9,20-21H,2,6-7,10-18H2,1H3,(H,24,26)(H,25,28);1H. The summed E-state index contributed by atoms with van der Waals surface area (Å²) >= 11 is 0. The van der Waals surface area contributed by atoms with E-state index in [1.165, 1.54) is 12.8 Å². The maximum Gasteiger partial charge on any atom is 0.251 e. The predicted molar refractivity (Wildman–Crippen MR) is 134 cm³/mol. The molecule has 0 aliphatic carbocycles. The zero-order valence-electron chi connectivity index (χ0n) is 18.6. The van der Waals surface area contributed by atoms with Gasteiger partial charge >= 0.3 is 0 Å². The first-order valence-electron chi connectivity index (χ1n) is 11.4. The number of carbonyl (C=O) groups excluding carboxylic acids is 1. The lowest BCUT2D eigenvalue weighted by Crippen LogP contribution is -2.47. The van der Waals surface area contributed by atoms with Gasteiger partial charge in [-0.15, -0.1) is 24.0 Å². The molecule has 1 aromatic rings. The number of nitrogens with one attached hydrogen (secondary N) is 2. The Morgan fingerprint density at radius 2 is 1.94 bits per heavy atom. The van der Waals surface area contributed by atoms with Gasteiger partial charge in [0.1, 0.15) is 0 Å². The maximum absolute atomic E-state index is 12.1. The van der Waals surface area contributed by atoms with E-state index < -0.39 is 0 Å². The lowest BCUT2D eigenvalue weighted by atomic mass is 10.1. The molecule has 2 saturated heterocycles. The molecule has 8 heteroatoms. The molecule has 2 N–H and O–H groups in total. The minimum absolute atomic E-state index is 0. The molecule has 1 amide bonds. The number of rotatable bonds is 8. The van der Waals surface area contributed by atoms with Crippen LogP contribution in [0.3, 0.4) is 0 Å². The van der Waals surface area contributed by atoms with Crippen LogP contribution < -0.4 is 10.6 Å². The maximum atomic E-state index is 12.1. The predicted octanol–water partition coefficient (Wildman–Crippen LogP) is 3.05. The Bertz CT molecular complexity index is 660. The van der Waals surface area contributed by atoms with Crippen molar-refractivity contribution < 1.29 is 14.3 Å². The highest BCUT2D eigenvalue weighted by Crippen LogP contribution is 2.18. The van der Waals surface area contributed by atoms with Crippen LogP contribution in [0.4, 0.5) is 0 Å². The normalized spacial score (nSPS) is 20.1. The summed E-state index contributed by atoms with van der Waals surface area (Å²) in [6.07, 6.45) is 6.14. The number of piperidine rings is 1. The van der Waals surface area contributed by atoms with Gasteiger partial charge in [-0.3, -0.25) is 9.79 Å². The van der Waals surface area contributed by atoms with E-state index in [9.17, 15) is 4.79 Å². The molecule has 2 heterocycles. The number of hydrogen-bond acceptors (Lipinski definition) is 4. The number of nitrogens with zero attached hydrogens (tertiary/aromatic N) is 2. The lowest BCUT2D eigenvalue weighted by Gasteiger charge is -2.35. The smallest absolute Gasteiger partial charge is 0.251 e. The van der Waals surface area contributed by atoms with Crippen molar-refractivity contribution in [3.8, 4) is 0 Å². The number of amides is 1. The van der Waals surface area contributed by atoms with Crippen LogP contribution in [0.25, 0.3) is 0 Å². The summed E-state index contributed by atoms with van der Waals surface area (Å²) in [5.74, 6) is 0.858. The molecule has 0 aromatic heterocycles. The van der Waals surface area contributed by atoms with Crippen LogP contribution in [-0.2, 0) is 9.47 Å². The second-order valence-electron chi connectivity index (χ2n) is 7.87. The van der Waals surface area contributed by atoms with Crippen molar-refractivity contribution in [2.45, 2.75) is 51.2 Å². The van der Waals surface area contributed by atoms with Gasteiger partial charge in [-0.25, -0.2) is 0 Å². The quantitative estimate of drug-likeness (QED) is 0.228. The molecule has 0 saturated carbocycles. The highest BCUT2D eigenvalue weighted by atomic mass is 127.